The molecule has 0 unspecified atom stereocenters. The van der Waals surface area contributed by atoms with E-state index in [0.29, 0.717) is 0 Å². The van der Waals surface area contributed by atoms with Gasteiger partial charge in [0.05, 0.1) is 3.79 Å². The highest BCUT2D eigenvalue weighted by atomic mass is 79.9. The molecule has 0 amide bonds. The van der Waals surface area contributed by atoms with Crippen molar-refractivity contribution in [1.29, 1.82) is 0 Å². The van der Waals surface area contributed by atoms with Gasteiger partial charge in [-0.25, -0.2) is 0 Å². The van der Waals surface area contributed by atoms with E-state index in [1.54, 1.807) is 11.3 Å². The zero-order chi connectivity index (χ0) is 11.0. The number of anilines is 1. The second-order valence-electron chi connectivity index (χ2n) is 3.63. The van der Waals surface area contributed by atoms with Gasteiger partial charge in [0.2, 0.25) is 0 Å². The minimum Gasteiger partial charge on any atom is -0.398 e. The smallest absolute Gasteiger partial charge is 0.0705 e. The van der Waals surface area contributed by atoms with Crippen molar-refractivity contribution in [3.05, 3.63) is 39.2 Å². The number of benzene rings is 1. The summed E-state index contributed by atoms with van der Waals surface area (Å²) in [4.78, 5) is 1.26. The molecule has 1 heterocycles. The number of halogens is 1. The summed E-state index contributed by atoms with van der Waals surface area (Å²) in [5.41, 5.74) is 10.4. The molecule has 0 bridgehead atoms. The molecule has 0 fully saturated rings. The van der Waals surface area contributed by atoms with Crippen molar-refractivity contribution in [2.24, 2.45) is 0 Å². The molecule has 0 spiro atoms. The fraction of sp³-hybridized carbons (Fsp3) is 0.167. The highest BCUT2D eigenvalue weighted by Gasteiger charge is 2.06. The highest BCUT2D eigenvalue weighted by molar-refractivity contribution is 9.11. The number of aryl methyl sites for hydroxylation is 2. The first-order valence-electron chi connectivity index (χ1n) is 4.70. The Morgan fingerprint density at radius 3 is 2.47 bits per heavy atom. The SMILES string of the molecule is Cc1cc(C)c(-c2ccc(Br)s2)cc1N. The van der Waals surface area contributed by atoms with Gasteiger partial charge in [-0.15, -0.1) is 11.3 Å². The molecule has 78 valence electrons. The van der Waals surface area contributed by atoms with Gasteiger partial charge in [0, 0.05) is 10.6 Å². The molecule has 2 N–H and O–H groups in total. The van der Waals surface area contributed by atoms with Crippen LogP contribution in [0.1, 0.15) is 11.1 Å². The minimum absolute atomic E-state index is 0.861. The largest absolute Gasteiger partial charge is 0.398 e. The Hall–Kier alpha value is -0.800. The molecular formula is C12H12BrNS. The van der Waals surface area contributed by atoms with Crippen LogP contribution in [0.3, 0.4) is 0 Å². The summed E-state index contributed by atoms with van der Waals surface area (Å²) in [6, 6.07) is 8.38. The topological polar surface area (TPSA) is 26.0 Å². The summed E-state index contributed by atoms with van der Waals surface area (Å²) in [7, 11) is 0. The number of rotatable bonds is 1. The van der Waals surface area contributed by atoms with Gasteiger partial charge < -0.3 is 5.73 Å². The molecule has 2 rings (SSSR count). The lowest BCUT2D eigenvalue weighted by molar-refractivity contribution is 1.39. The Morgan fingerprint density at radius 2 is 1.87 bits per heavy atom. The number of thiophene rings is 1. The Morgan fingerprint density at radius 1 is 1.13 bits per heavy atom. The summed E-state index contributed by atoms with van der Waals surface area (Å²) in [6.07, 6.45) is 0. The molecule has 2 aromatic rings. The van der Waals surface area contributed by atoms with E-state index in [2.05, 4.69) is 47.1 Å². The number of hydrogen-bond donors (Lipinski definition) is 1. The summed E-state index contributed by atoms with van der Waals surface area (Å²) in [6.45, 7) is 4.16. The van der Waals surface area contributed by atoms with Crippen molar-refractivity contribution >= 4 is 33.0 Å². The van der Waals surface area contributed by atoms with Crippen LogP contribution in [-0.2, 0) is 0 Å². The molecule has 3 heteroatoms. The van der Waals surface area contributed by atoms with Crippen LogP contribution in [0.2, 0.25) is 0 Å². The van der Waals surface area contributed by atoms with Crippen molar-refractivity contribution in [3.8, 4) is 10.4 Å². The molecular weight excluding hydrogens is 270 g/mol. The van der Waals surface area contributed by atoms with Crippen LogP contribution in [0.25, 0.3) is 10.4 Å². The molecule has 0 atom stereocenters. The Kier molecular flexibility index (Phi) is 2.85. The number of nitrogen functional groups attached to an aromatic ring is 1. The van der Waals surface area contributed by atoms with Gasteiger partial charge in [0.1, 0.15) is 0 Å². The Labute approximate surface area is 102 Å². The molecule has 0 saturated heterocycles. The van der Waals surface area contributed by atoms with Gasteiger partial charge in [-0.05, 0) is 64.7 Å². The van der Waals surface area contributed by atoms with E-state index in [1.807, 2.05) is 6.92 Å². The van der Waals surface area contributed by atoms with Crippen LogP contribution >= 0.6 is 27.3 Å². The number of hydrogen-bond acceptors (Lipinski definition) is 2. The van der Waals surface area contributed by atoms with Crippen molar-refractivity contribution in [2.75, 3.05) is 5.73 Å². The number of nitrogens with two attached hydrogens (primary N) is 1. The summed E-state index contributed by atoms with van der Waals surface area (Å²) >= 11 is 5.20. The zero-order valence-corrected chi connectivity index (χ0v) is 11.1. The third-order valence-corrected chi connectivity index (χ3v) is 4.11. The second kappa shape index (κ2) is 3.99. The van der Waals surface area contributed by atoms with Gasteiger partial charge in [0.25, 0.3) is 0 Å². The van der Waals surface area contributed by atoms with E-state index in [4.69, 9.17) is 5.73 Å². The third kappa shape index (κ3) is 2.08. The van der Waals surface area contributed by atoms with Crippen LogP contribution in [0.4, 0.5) is 5.69 Å². The van der Waals surface area contributed by atoms with Crippen LogP contribution < -0.4 is 5.73 Å². The monoisotopic (exact) mass is 281 g/mol. The van der Waals surface area contributed by atoms with Gasteiger partial charge in [0.15, 0.2) is 0 Å². The standard InChI is InChI=1S/C12H12BrNS/c1-7-5-8(2)10(14)6-9(7)11-3-4-12(13)15-11/h3-6H,14H2,1-2H3. The van der Waals surface area contributed by atoms with E-state index in [1.165, 1.54) is 16.0 Å². The molecule has 1 nitrogen and oxygen atoms in total. The first-order valence-corrected chi connectivity index (χ1v) is 6.31. The van der Waals surface area contributed by atoms with Crippen molar-refractivity contribution < 1.29 is 0 Å². The molecule has 0 aliphatic carbocycles. The third-order valence-electron chi connectivity index (χ3n) is 2.45. The second-order valence-corrected chi connectivity index (χ2v) is 6.09. The normalized spacial score (nSPS) is 10.6. The summed E-state index contributed by atoms with van der Waals surface area (Å²) < 4.78 is 1.15. The maximum absolute atomic E-state index is 5.93. The molecule has 15 heavy (non-hydrogen) atoms. The van der Waals surface area contributed by atoms with Crippen LogP contribution in [0, 0.1) is 13.8 Å². The molecule has 0 radical (unpaired) electrons. The van der Waals surface area contributed by atoms with E-state index < -0.39 is 0 Å². The molecule has 1 aromatic carbocycles. The average Bonchev–Trinajstić information content (AvgIpc) is 2.58. The van der Waals surface area contributed by atoms with E-state index >= 15 is 0 Å². The van der Waals surface area contributed by atoms with Crippen LogP contribution in [-0.4, -0.2) is 0 Å². The van der Waals surface area contributed by atoms with E-state index in [-0.39, 0.29) is 0 Å². The minimum atomic E-state index is 0.861. The molecule has 1 aromatic heterocycles. The maximum Gasteiger partial charge on any atom is 0.0705 e. The van der Waals surface area contributed by atoms with Gasteiger partial charge in [-0.2, -0.15) is 0 Å². The fourth-order valence-electron chi connectivity index (χ4n) is 1.59. The lowest BCUT2D eigenvalue weighted by atomic mass is 10.0. The summed E-state index contributed by atoms with van der Waals surface area (Å²) in [5, 5.41) is 0. The molecule has 0 aliphatic heterocycles. The molecule has 0 saturated carbocycles. The fourth-order valence-corrected chi connectivity index (χ4v) is 3.06. The molecule has 0 aliphatic rings. The van der Waals surface area contributed by atoms with E-state index in [0.717, 1.165) is 15.0 Å². The summed E-state index contributed by atoms with van der Waals surface area (Å²) in [5.74, 6) is 0. The van der Waals surface area contributed by atoms with E-state index in [9.17, 15) is 0 Å². The zero-order valence-electron chi connectivity index (χ0n) is 8.67. The average molecular weight is 282 g/mol. The lowest BCUT2D eigenvalue weighted by Crippen LogP contribution is -1.92. The Bertz CT molecular complexity index is 502. The maximum atomic E-state index is 5.93. The quantitative estimate of drug-likeness (QED) is 0.772. The lowest BCUT2D eigenvalue weighted by Gasteiger charge is -2.07. The van der Waals surface area contributed by atoms with Crippen molar-refractivity contribution in [1.82, 2.24) is 0 Å². The van der Waals surface area contributed by atoms with Gasteiger partial charge in [-0.3, -0.25) is 0 Å². The van der Waals surface area contributed by atoms with Gasteiger partial charge in [-0.1, -0.05) is 6.07 Å². The van der Waals surface area contributed by atoms with Gasteiger partial charge >= 0.3 is 0 Å². The predicted octanol–water partition coefficient (Wildman–Crippen LogP) is 4.38. The Balaban J connectivity index is 2.58. The van der Waals surface area contributed by atoms with Crippen molar-refractivity contribution in [2.45, 2.75) is 13.8 Å². The predicted molar refractivity (Wildman–Crippen MR) is 71.3 cm³/mol. The highest BCUT2D eigenvalue weighted by Crippen LogP contribution is 2.34. The van der Waals surface area contributed by atoms with Crippen LogP contribution in [0.15, 0.2) is 28.1 Å². The van der Waals surface area contributed by atoms with Crippen molar-refractivity contribution in [3.63, 3.8) is 0 Å². The first-order chi connectivity index (χ1) is 7.08. The van der Waals surface area contributed by atoms with Crippen LogP contribution in [0.5, 0.6) is 0 Å². The first kappa shape index (κ1) is 10.7.